The number of ether oxygens (including phenoxy) is 1. The predicted octanol–water partition coefficient (Wildman–Crippen LogP) is 2.81. The standard InChI is InChI=1S/C18H19NO3S/c20-16-8-3-4-10-19(16)11-5-12-22-18(21)17-15-7-2-1-6-14(15)9-13-23-17/h1-4,6-8,10,17H,5,9,11-13H2. The fraction of sp³-hybridized carbons (Fsp3) is 0.333. The zero-order valence-electron chi connectivity index (χ0n) is 12.8. The molecule has 5 heteroatoms. The molecule has 2 aromatic rings. The van der Waals surface area contributed by atoms with E-state index in [0.29, 0.717) is 19.6 Å². The molecule has 120 valence electrons. The van der Waals surface area contributed by atoms with Crippen molar-refractivity contribution in [2.24, 2.45) is 0 Å². The fourth-order valence-electron chi connectivity index (χ4n) is 2.72. The summed E-state index contributed by atoms with van der Waals surface area (Å²) in [6, 6.07) is 13.1. The van der Waals surface area contributed by atoms with E-state index in [1.54, 1.807) is 28.6 Å². The maximum absolute atomic E-state index is 12.3. The Morgan fingerprint density at radius 2 is 2.04 bits per heavy atom. The molecule has 1 unspecified atom stereocenters. The van der Waals surface area contributed by atoms with E-state index >= 15 is 0 Å². The van der Waals surface area contributed by atoms with Crippen LogP contribution in [0.15, 0.2) is 53.5 Å². The average molecular weight is 329 g/mol. The number of rotatable bonds is 5. The average Bonchev–Trinajstić information content (AvgIpc) is 2.59. The molecule has 0 aliphatic carbocycles. The van der Waals surface area contributed by atoms with Gasteiger partial charge in [-0.3, -0.25) is 9.59 Å². The number of hydrogen-bond donors (Lipinski definition) is 0. The molecule has 1 aromatic heterocycles. The lowest BCUT2D eigenvalue weighted by Crippen LogP contribution is -2.21. The van der Waals surface area contributed by atoms with Crippen molar-refractivity contribution in [1.82, 2.24) is 4.57 Å². The highest BCUT2D eigenvalue weighted by Gasteiger charge is 2.27. The first-order valence-corrected chi connectivity index (χ1v) is 8.82. The second kappa shape index (κ2) is 7.51. The van der Waals surface area contributed by atoms with E-state index < -0.39 is 0 Å². The third kappa shape index (κ3) is 3.85. The van der Waals surface area contributed by atoms with Crippen molar-refractivity contribution in [1.29, 1.82) is 0 Å². The topological polar surface area (TPSA) is 48.3 Å². The van der Waals surface area contributed by atoms with E-state index in [4.69, 9.17) is 4.74 Å². The van der Waals surface area contributed by atoms with Crippen molar-refractivity contribution in [3.05, 3.63) is 70.1 Å². The number of thioether (sulfide) groups is 1. The smallest absolute Gasteiger partial charge is 0.323 e. The molecule has 0 saturated heterocycles. The van der Waals surface area contributed by atoms with Gasteiger partial charge in [0.25, 0.3) is 0 Å². The summed E-state index contributed by atoms with van der Waals surface area (Å²) in [7, 11) is 0. The Balaban J connectivity index is 1.53. The summed E-state index contributed by atoms with van der Waals surface area (Å²) >= 11 is 1.64. The van der Waals surface area contributed by atoms with Gasteiger partial charge >= 0.3 is 5.97 Å². The van der Waals surface area contributed by atoms with E-state index in [1.165, 1.54) is 11.6 Å². The lowest BCUT2D eigenvalue weighted by atomic mass is 10.0. The molecule has 0 bridgehead atoms. The summed E-state index contributed by atoms with van der Waals surface area (Å²) in [6.45, 7) is 0.890. The van der Waals surface area contributed by atoms with E-state index in [1.807, 2.05) is 24.3 Å². The minimum Gasteiger partial charge on any atom is -0.465 e. The highest BCUT2D eigenvalue weighted by Crippen LogP contribution is 2.37. The highest BCUT2D eigenvalue weighted by atomic mass is 32.2. The zero-order chi connectivity index (χ0) is 16.1. The first-order chi connectivity index (χ1) is 11.3. The van der Waals surface area contributed by atoms with Crippen LogP contribution in [-0.4, -0.2) is 22.9 Å². The first-order valence-electron chi connectivity index (χ1n) is 7.77. The van der Waals surface area contributed by atoms with Crippen molar-refractivity contribution in [2.75, 3.05) is 12.4 Å². The van der Waals surface area contributed by atoms with E-state index in [9.17, 15) is 9.59 Å². The van der Waals surface area contributed by atoms with Gasteiger partial charge in [0.05, 0.1) is 6.61 Å². The molecule has 1 atom stereocenters. The van der Waals surface area contributed by atoms with Crippen molar-refractivity contribution >= 4 is 17.7 Å². The lowest BCUT2D eigenvalue weighted by molar-refractivity contribution is -0.143. The third-order valence-electron chi connectivity index (χ3n) is 3.89. The molecule has 0 radical (unpaired) electrons. The number of carbonyl (C=O) groups excluding carboxylic acids is 1. The molecule has 3 rings (SSSR count). The van der Waals surface area contributed by atoms with Crippen LogP contribution in [0, 0.1) is 0 Å². The zero-order valence-corrected chi connectivity index (χ0v) is 13.6. The second-order valence-corrected chi connectivity index (χ2v) is 6.67. The lowest BCUT2D eigenvalue weighted by Gasteiger charge is -2.23. The van der Waals surface area contributed by atoms with E-state index in [0.717, 1.165) is 17.7 Å². The van der Waals surface area contributed by atoms with Gasteiger partial charge in [0, 0.05) is 18.8 Å². The molecule has 1 aliphatic rings. The Kier molecular flexibility index (Phi) is 5.18. The second-order valence-electron chi connectivity index (χ2n) is 5.45. The molecule has 4 nitrogen and oxygen atoms in total. The van der Waals surface area contributed by atoms with Crippen LogP contribution in [0.2, 0.25) is 0 Å². The molecule has 1 aromatic carbocycles. The summed E-state index contributed by atoms with van der Waals surface area (Å²) in [5, 5.41) is -0.223. The maximum Gasteiger partial charge on any atom is 0.323 e. The molecule has 0 saturated carbocycles. The third-order valence-corrected chi connectivity index (χ3v) is 5.11. The molecule has 0 amide bonds. The molecule has 0 spiro atoms. The van der Waals surface area contributed by atoms with Crippen LogP contribution >= 0.6 is 11.8 Å². The van der Waals surface area contributed by atoms with Gasteiger partial charge in [-0.1, -0.05) is 30.3 Å². The molecule has 23 heavy (non-hydrogen) atoms. The van der Waals surface area contributed by atoms with Gasteiger partial charge in [0.2, 0.25) is 5.56 Å². The van der Waals surface area contributed by atoms with Crippen LogP contribution in [0.5, 0.6) is 0 Å². The fourth-order valence-corrected chi connectivity index (χ4v) is 3.90. The Bertz CT molecular complexity index is 741. The minimum atomic E-state index is -0.223. The molecular weight excluding hydrogens is 310 g/mol. The predicted molar refractivity (Wildman–Crippen MR) is 91.6 cm³/mol. The van der Waals surface area contributed by atoms with Crippen LogP contribution in [0.1, 0.15) is 22.8 Å². The number of carbonyl (C=O) groups is 1. The Morgan fingerprint density at radius 3 is 2.91 bits per heavy atom. The molecule has 0 fully saturated rings. The van der Waals surface area contributed by atoms with Crippen LogP contribution in [0.25, 0.3) is 0 Å². The van der Waals surface area contributed by atoms with Crippen LogP contribution in [0.3, 0.4) is 0 Å². The van der Waals surface area contributed by atoms with Gasteiger partial charge in [-0.05, 0) is 35.8 Å². The van der Waals surface area contributed by atoms with Crippen LogP contribution in [0.4, 0.5) is 0 Å². The Morgan fingerprint density at radius 1 is 1.22 bits per heavy atom. The van der Waals surface area contributed by atoms with E-state index in [2.05, 4.69) is 6.07 Å². The van der Waals surface area contributed by atoms with Gasteiger partial charge in [0.15, 0.2) is 0 Å². The highest BCUT2D eigenvalue weighted by molar-refractivity contribution is 8.00. The molecule has 0 N–H and O–H groups in total. The SMILES string of the molecule is O=C(OCCCn1ccccc1=O)C1SCCc2ccccc21. The quantitative estimate of drug-likeness (QED) is 0.625. The van der Waals surface area contributed by atoms with E-state index in [-0.39, 0.29) is 16.8 Å². The van der Waals surface area contributed by atoms with Gasteiger partial charge in [0.1, 0.15) is 5.25 Å². The minimum absolute atomic E-state index is 0.0319. The van der Waals surface area contributed by atoms with Gasteiger partial charge < -0.3 is 9.30 Å². The molecular formula is C18H19NO3S. The number of esters is 1. The Hall–Kier alpha value is -2.01. The summed E-state index contributed by atoms with van der Waals surface area (Å²) in [4.78, 5) is 23.9. The number of benzene rings is 1. The largest absolute Gasteiger partial charge is 0.465 e. The number of pyridine rings is 1. The van der Waals surface area contributed by atoms with Crippen LogP contribution < -0.4 is 5.56 Å². The summed E-state index contributed by atoms with van der Waals surface area (Å²) in [5.74, 6) is 0.762. The van der Waals surface area contributed by atoms with Gasteiger partial charge in [-0.25, -0.2) is 0 Å². The summed E-state index contributed by atoms with van der Waals surface area (Å²) in [5.41, 5.74) is 2.28. The normalized spacial score (nSPS) is 16.6. The maximum atomic E-state index is 12.3. The molecule has 1 aliphatic heterocycles. The van der Waals surface area contributed by atoms with Gasteiger partial charge in [-0.2, -0.15) is 0 Å². The first kappa shape index (κ1) is 15.9. The monoisotopic (exact) mass is 329 g/mol. The van der Waals surface area contributed by atoms with Crippen molar-refractivity contribution in [2.45, 2.75) is 24.6 Å². The number of aryl methyl sites for hydroxylation is 2. The molecule has 2 heterocycles. The Labute approximate surface area is 139 Å². The summed E-state index contributed by atoms with van der Waals surface area (Å²) in [6.07, 6.45) is 3.38. The van der Waals surface area contributed by atoms with Crippen molar-refractivity contribution in [3.63, 3.8) is 0 Å². The summed E-state index contributed by atoms with van der Waals surface area (Å²) < 4.78 is 7.05. The number of nitrogens with zero attached hydrogens (tertiary/aromatic N) is 1. The van der Waals surface area contributed by atoms with Crippen LogP contribution in [-0.2, 0) is 22.5 Å². The van der Waals surface area contributed by atoms with Gasteiger partial charge in [-0.15, -0.1) is 11.8 Å². The number of aromatic nitrogens is 1. The van der Waals surface area contributed by atoms with Crippen molar-refractivity contribution in [3.8, 4) is 0 Å². The number of fused-ring (bicyclic) bond motifs is 1. The van der Waals surface area contributed by atoms with Crippen molar-refractivity contribution < 1.29 is 9.53 Å². The number of hydrogen-bond acceptors (Lipinski definition) is 4.